The van der Waals surface area contributed by atoms with E-state index in [1.165, 1.54) is 25.1 Å². The quantitative estimate of drug-likeness (QED) is 0.788. The van der Waals surface area contributed by atoms with Crippen LogP contribution in [0.3, 0.4) is 0 Å². The van der Waals surface area contributed by atoms with Gasteiger partial charge in [-0.15, -0.1) is 0 Å². The van der Waals surface area contributed by atoms with Crippen LogP contribution in [0.25, 0.3) is 0 Å². The van der Waals surface area contributed by atoms with Crippen molar-refractivity contribution in [3.8, 4) is 11.5 Å². The number of amides is 1. The van der Waals surface area contributed by atoms with Gasteiger partial charge in [0, 0.05) is 11.8 Å². The smallest absolute Gasteiger partial charge is 0.344 e. The van der Waals surface area contributed by atoms with Crippen molar-refractivity contribution < 1.29 is 24.5 Å². The lowest BCUT2D eigenvalue weighted by atomic mass is 10.2. The summed E-state index contributed by atoms with van der Waals surface area (Å²) in [5.74, 6) is -1.35. The van der Waals surface area contributed by atoms with Gasteiger partial charge in [-0.05, 0) is 31.2 Å². The van der Waals surface area contributed by atoms with Gasteiger partial charge in [0.15, 0.2) is 6.10 Å². The lowest BCUT2D eigenvalue weighted by Crippen LogP contribution is -2.22. The predicted octanol–water partition coefficient (Wildman–Crippen LogP) is 2.50. The molecule has 0 spiro atoms. The monoisotopic (exact) mass is 301 g/mol. The Kier molecular flexibility index (Phi) is 4.63. The Labute approximate surface area is 127 Å². The number of ether oxygens (including phenoxy) is 1. The number of aromatic hydroxyl groups is 1. The van der Waals surface area contributed by atoms with Crippen LogP contribution in [-0.2, 0) is 4.79 Å². The van der Waals surface area contributed by atoms with Crippen LogP contribution < -0.4 is 10.1 Å². The van der Waals surface area contributed by atoms with Gasteiger partial charge >= 0.3 is 5.97 Å². The van der Waals surface area contributed by atoms with E-state index >= 15 is 0 Å². The van der Waals surface area contributed by atoms with Crippen molar-refractivity contribution in [2.45, 2.75) is 13.0 Å². The molecule has 1 atom stereocenters. The van der Waals surface area contributed by atoms with Gasteiger partial charge in [0.1, 0.15) is 11.5 Å². The average Bonchev–Trinajstić information content (AvgIpc) is 2.47. The van der Waals surface area contributed by atoms with Crippen molar-refractivity contribution in [2.24, 2.45) is 0 Å². The van der Waals surface area contributed by atoms with Gasteiger partial charge in [-0.1, -0.05) is 18.2 Å². The van der Waals surface area contributed by atoms with Gasteiger partial charge in [-0.25, -0.2) is 4.79 Å². The molecular weight excluding hydrogens is 286 g/mol. The molecule has 6 heteroatoms. The molecule has 2 rings (SSSR count). The van der Waals surface area contributed by atoms with Crippen molar-refractivity contribution in [1.29, 1.82) is 0 Å². The summed E-state index contributed by atoms with van der Waals surface area (Å²) < 4.78 is 5.23. The minimum absolute atomic E-state index is 0.119. The lowest BCUT2D eigenvalue weighted by Gasteiger charge is -2.12. The number of phenolic OH excluding ortho intramolecular Hbond substituents is 1. The van der Waals surface area contributed by atoms with Crippen LogP contribution in [0.4, 0.5) is 5.69 Å². The van der Waals surface area contributed by atoms with Gasteiger partial charge < -0.3 is 20.3 Å². The highest BCUT2D eigenvalue weighted by Crippen LogP contribution is 2.21. The molecule has 1 amide bonds. The van der Waals surface area contributed by atoms with Crippen LogP contribution in [-0.4, -0.2) is 28.2 Å². The van der Waals surface area contributed by atoms with Crippen LogP contribution in [0.15, 0.2) is 48.5 Å². The molecule has 0 aliphatic rings. The number of anilines is 1. The Morgan fingerprint density at radius 3 is 2.55 bits per heavy atom. The van der Waals surface area contributed by atoms with E-state index in [0.29, 0.717) is 11.4 Å². The highest BCUT2D eigenvalue weighted by Gasteiger charge is 2.14. The molecule has 2 aromatic carbocycles. The van der Waals surface area contributed by atoms with E-state index in [-0.39, 0.29) is 11.3 Å². The maximum Gasteiger partial charge on any atom is 0.344 e. The summed E-state index contributed by atoms with van der Waals surface area (Å²) in [7, 11) is 0. The number of aliphatic carboxylic acids is 1. The highest BCUT2D eigenvalue weighted by atomic mass is 16.5. The summed E-state index contributed by atoms with van der Waals surface area (Å²) in [6.45, 7) is 1.41. The van der Waals surface area contributed by atoms with Gasteiger partial charge in [0.25, 0.3) is 5.91 Å². The van der Waals surface area contributed by atoms with Gasteiger partial charge in [-0.3, -0.25) is 4.79 Å². The van der Waals surface area contributed by atoms with E-state index in [0.717, 1.165) is 0 Å². The maximum absolute atomic E-state index is 12.1. The first-order valence-electron chi connectivity index (χ1n) is 6.56. The Hall–Kier alpha value is -3.02. The SMILES string of the molecule is CC(Oc1cccc(NC(=O)c2ccccc2O)c1)C(=O)O. The van der Waals surface area contributed by atoms with Crippen molar-refractivity contribution >= 4 is 17.6 Å². The fourth-order valence-electron chi connectivity index (χ4n) is 1.77. The fraction of sp³-hybridized carbons (Fsp3) is 0.125. The molecule has 6 nitrogen and oxygen atoms in total. The fourth-order valence-corrected chi connectivity index (χ4v) is 1.77. The first kappa shape index (κ1) is 15.4. The summed E-state index contributed by atoms with van der Waals surface area (Å²) in [4.78, 5) is 22.8. The van der Waals surface area contributed by atoms with Crippen LogP contribution >= 0.6 is 0 Å². The zero-order valence-corrected chi connectivity index (χ0v) is 11.8. The zero-order valence-electron chi connectivity index (χ0n) is 11.8. The molecule has 0 aliphatic heterocycles. The highest BCUT2D eigenvalue weighted by molar-refractivity contribution is 6.06. The number of phenols is 1. The van der Waals surface area contributed by atoms with Gasteiger partial charge in [0.05, 0.1) is 5.56 Å². The van der Waals surface area contributed by atoms with Gasteiger partial charge in [0.2, 0.25) is 0 Å². The number of hydrogen-bond acceptors (Lipinski definition) is 4. The molecule has 114 valence electrons. The number of carboxylic acid groups (broad SMARTS) is 1. The van der Waals surface area contributed by atoms with Gasteiger partial charge in [-0.2, -0.15) is 0 Å². The normalized spacial score (nSPS) is 11.5. The number of benzene rings is 2. The van der Waals surface area contributed by atoms with E-state index in [2.05, 4.69) is 5.32 Å². The van der Waals surface area contributed by atoms with Crippen molar-refractivity contribution in [1.82, 2.24) is 0 Å². The van der Waals surface area contributed by atoms with E-state index in [1.807, 2.05) is 0 Å². The summed E-state index contributed by atoms with van der Waals surface area (Å²) in [5.41, 5.74) is 0.580. The van der Waals surface area contributed by atoms with Crippen LogP contribution in [0.1, 0.15) is 17.3 Å². The molecular formula is C16H15NO5. The minimum Gasteiger partial charge on any atom is -0.507 e. The maximum atomic E-state index is 12.1. The second-order valence-corrected chi connectivity index (χ2v) is 4.60. The molecule has 0 heterocycles. The first-order valence-corrected chi connectivity index (χ1v) is 6.56. The zero-order chi connectivity index (χ0) is 16.1. The molecule has 3 N–H and O–H groups in total. The minimum atomic E-state index is -1.08. The molecule has 0 aliphatic carbocycles. The number of carbonyl (C=O) groups excluding carboxylic acids is 1. The largest absolute Gasteiger partial charge is 0.507 e. The molecule has 0 bridgehead atoms. The Morgan fingerprint density at radius 2 is 1.86 bits per heavy atom. The van der Waals surface area contributed by atoms with E-state index in [4.69, 9.17) is 9.84 Å². The van der Waals surface area contributed by atoms with Crippen LogP contribution in [0.5, 0.6) is 11.5 Å². The molecule has 0 saturated heterocycles. The topological polar surface area (TPSA) is 95.9 Å². The number of nitrogens with one attached hydrogen (secondary N) is 1. The lowest BCUT2D eigenvalue weighted by molar-refractivity contribution is -0.144. The third-order valence-corrected chi connectivity index (χ3v) is 2.90. The third kappa shape index (κ3) is 3.76. The third-order valence-electron chi connectivity index (χ3n) is 2.90. The number of carbonyl (C=O) groups is 2. The summed E-state index contributed by atoms with van der Waals surface area (Å²) in [6, 6.07) is 12.5. The second-order valence-electron chi connectivity index (χ2n) is 4.60. The van der Waals surface area contributed by atoms with Crippen molar-refractivity contribution in [3.63, 3.8) is 0 Å². The second kappa shape index (κ2) is 6.62. The van der Waals surface area contributed by atoms with Crippen LogP contribution in [0, 0.1) is 0 Å². The number of rotatable bonds is 5. The van der Waals surface area contributed by atoms with E-state index in [9.17, 15) is 14.7 Å². The number of carboxylic acids is 1. The number of hydrogen-bond donors (Lipinski definition) is 3. The average molecular weight is 301 g/mol. The molecule has 0 saturated carbocycles. The van der Waals surface area contributed by atoms with Crippen LogP contribution in [0.2, 0.25) is 0 Å². The molecule has 0 radical (unpaired) electrons. The Bertz CT molecular complexity index is 698. The van der Waals surface area contributed by atoms with Crippen molar-refractivity contribution in [2.75, 3.05) is 5.32 Å². The molecule has 22 heavy (non-hydrogen) atoms. The molecule has 2 aromatic rings. The summed E-state index contributed by atoms with van der Waals surface area (Å²) >= 11 is 0. The Morgan fingerprint density at radius 1 is 1.14 bits per heavy atom. The summed E-state index contributed by atoms with van der Waals surface area (Å²) in [6.07, 6.45) is -0.996. The van der Waals surface area contributed by atoms with Crippen molar-refractivity contribution in [3.05, 3.63) is 54.1 Å². The number of para-hydroxylation sites is 1. The first-order chi connectivity index (χ1) is 10.5. The van der Waals surface area contributed by atoms with E-state index in [1.54, 1.807) is 30.3 Å². The summed E-state index contributed by atoms with van der Waals surface area (Å²) in [5, 5.41) is 21.1. The Balaban J connectivity index is 2.12. The molecule has 0 aromatic heterocycles. The molecule has 1 unspecified atom stereocenters. The predicted molar refractivity (Wildman–Crippen MR) is 80.2 cm³/mol. The standard InChI is InChI=1S/C16H15NO5/c1-10(16(20)21)22-12-6-4-5-11(9-12)17-15(19)13-7-2-3-8-14(13)18/h2-10,18H,1H3,(H,17,19)(H,20,21). The molecule has 0 fully saturated rings. The van der Waals surface area contributed by atoms with E-state index < -0.39 is 18.0 Å².